The summed E-state index contributed by atoms with van der Waals surface area (Å²) in [6, 6.07) is 5.40. The van der Waals surface area contributed by atoms with Crippen LogP contribution < -0.4 is 14.2 Å². The SMILES string of the molecule is CNS(=O)(=O)c1cnc2cc(-c3cnc(OC)nc3OC)ccc2c1Cl. The number of fused-ring (bicyclic) bond motifs is 1. The Hall–Kier alpha value is -2.49. The van der Waals surface area contributed by atoms with Crippen LogP contribution in [0.4, 0.5) is 0 Å². The smallest absolute Gasteiger partial charge is 0.319 e. The van der Waals surface area contributed by atoms with E-state index in [1.165, 1.54) is 27.5 Å². The zero-order valence-electron chi connectivity index (χ0n) is 14.1. The van der Waals surface area contributed by atoms with E-state index < -0.39 is 10.0 Å². The van der Waals surface area contributed by atoms with Crippen LogP contribution in [-0.2, 0) is 10.0 Å². The standard InChI is InChI=1S/C16H15ClN4O4S/c1-18-26(22,23)13-8-19-12-6-9(4-5-10(12)14(13)17)11-7-20-16(25-3)21-15(11)24-2/h4-8,18H,1-3H3. The van der Waals surface area contributed by atoms with Crippen molar-refractivity contribution < 1.29 is 17.9 Å². The zero-order valence-corrected chi connectivity index (χ0v) is 15.7. The average Bonchev–Trinajstić information content (AvgIpc) is 2.67. The number of halogens is 1. The van der Waals surface area contributed by atoms with Crippen LogP contribution in [0.25, 0.3) is 22.0 Å². The molecule has 26 heavy (non-hydrogen) atoms. The van der Waals surface area contributed by atoms with Crippen LogP contribution in [-0.4, -0.2) is 44.6 Å². The number of pyridine rings is 1. The van der Waals surface area contributed by atoms with E-state index in [0.717, 1.165) is 5.56 Å². The molecule has 0 amide bonds. The fourth-order valence-corrected chi connectivity index (χ4v) is 3.68. The summed E-state index contributed by atoms with van der Waals surface area (Å²) in [5.74, 6) is 0.344. The fraction of sp³-hybridized carbons (Fsp3) is 0.188. The molecule has 0 aliphatic heterocycles. The lowest BCUT2D eigenvalue weighted by Gasteiger charge is -2.11. The van der Waals surface area contributed by atoms with Gasteiger partial charge in [0.1, 0.15) is 4.90 Å². The monoisotopic (exact) mass is 394 g/mol. The molecule has 0 saturated heterocycles. The van der Waals surface area contributed by atoms with Gasteiger partial charge in [-0.25, -0.2) is 18.1 Å². The van der Waals surface area contributed by atoms with Gasteiger partial charge >= 0.3 is 6.01 Å². The molecule has 2 heterocycles. The number of nitrogens with one attached hydrogen (secondary N) is 1. The van der Waals surface area contributed by atoms with Gasteiger partial charge < -0.3 is 9.47 Å². The van der Waals surface area contributed by atoms with Crippen LogP contribution >= 0.6 is 11.6 Å². The summed E-state index contributed by atoms with van der Waals surface area (Å²) in [6.45, 7) is 0. The van der Waals surface area contributed by atoms with E-state index in [4.69, 9.17) is 21.1 Å². The molecule has 3 rings (SSSR count). The fourth-order valence-electron chi connectivity index (χ4n) is 2.41. The number of ether oxygens (including phenoxy) is 2. The summed E-state index contributed by atoms with van der Waals surface area (Å²) in [5, 5.41) is 0.619. The quantitative estimate of drug-likeness (QED) is 0.707. The molecule has 8 nitrogen and oxygen atoms in total. The Balaban J connectivity index is 2.16. The lowest BCUT2D eigenvalue weighted by Crippen LogP contribution is -2.19. The van der Waals surface area contributed by atoms with Crippen molar-refractivity contribution in [1.29, 1.82) is 0 Å². The molecule has 2 aromatic heterocycles. The third kappa shape index (κ3) is 3.16. The van der Waals surface area contributed by atoms with Crippen molar-refractivity contribution in [2.45, 2.75) is 4.90 Å². The second-order valence-electron chi connectivity index (χ2n) is 5.16. The van der Waals surface area contributed by atoms with Gasteiger partial charge in [0, 0.05) is 17.8 Å². The van der Waals surface area contributed by atoms with Gasteiger partial charge in [-0.15, -0.1) is 0 Å². The van der Waals surface area contributed by atoms with Crippen LogP contribution in [0.5, 0.6) is 11.9 Å². The van der Waals surface area contributed by atoms with Crippen molar-refractivity contribution in [2.75, 3.05) is 21.3 Å². The average molecular weight is 395 g/mol. The highest BCUT2D eigenvalue weighted by molar-refractivity contribution is 7.89. The number of aromatic nitrogens is 3. The van der Waals surface area contributed by atoms with Crippen LogP contribution in [0.1, 0.15) is 0 Å². The van der Waals surface area contributed by atoms with Gasteiger partial charge in [0.25, 0.3) is 0 Å². The Labute approximate surface area is 155 Å². The second-order valence-corrected chi connectivity index (χ2v) is 7.39. The van der Waals surface area contributed by atoms with E-state index in [2.05, 4.69) is 19.7 Å². The molecule has 0 radical (unpaired) electrons. The minimum atomic E-state index is -3.70. The minimum absolute atomic E-state index is 0.0766. The normalized spacial score (nSPS) is 11.5. The van der Waals surface area contributed by atoms with Crippen molar-refractivity contribution in [3.05, 3.63) is 35.6 Å². The van der Waals surface area contributed by atoms with Gasteiger partial charge in [0.2, 0.25) is 15.9 Å². The first kappa shape index (κ1) is 18.3. The molecule has 0 bridgehead atoms. The number of sulfonamides is 1. The number of nitrogens with zero attached hydrogens (tertiary/aromatic N) is 3. The highest BCUT2D eigenvalue weighted by Gasteiger charge is 2.19. The number of methoxy groups -OCH3 is 2. The molecule has 0 atom stereocenters. The van der Waals surface area contributed by atoms with E-state index in [9.17, 15) is 8.42 Å². The van der Waals surface area contributed by atoms with Crippen LogP contribution in [0.2, 0.25) is 5.02 Å². The molecule has 10 heteroatoms. The molecule has 1 N–H and O–H groups in total. The first-order valence-corrected chi connectivity index (χ1v) is 9.24. The van der Waals surface area contributed by atoms with Gasteiger partial charge in [0.05, 0.1) is 30.3 Å². The number of rotatable bonds is 5. The summed E-state index contributed by atoms with van der Waals surface area (Å²) in [6.07, 6.45) is 2.80. The highest BCUT2D eigenvalue weighted by Crippen LogP contribution is 2.34. The molecular weight excluding hydrogens is 380 g/mol. The molecule has 0 unspecified atom stereocenters. The Morgan fingerprint density at radius 3 is 2.54 bits per heavy atom. The number of benzene rings is 1. The molecule has 0 aliphatic rings. The van der Waals surface area contributed by atoms with Gasteiger partial charge in [0.15, 0.2) is 0 Å². The topological polar surface area (TPSA) is 103 Å². The highest BCUT2D eigenvalue weighted by atomic mass is 35.5. The largest absolute Gasteiger partial charge is 0.480 e. The molecule has 1 aromatic carbocycles. The molecular formula is C16H15ClN4O4S. The Bertz CT molecular complexity index is 1090. The van der Waals surface area contributed by atoms with Crippen LogP contribution in [0.15, 0.2) is 35.5 Å². The van der Waals surface area contributed by atoms with Crippen molar-refractivity contribution in [2.24, 2.45) is 0 Å². The molecule has 0 spiro atoms. The maximum absolute atomic E-state index is 12.0. The lowest BCUT2D eigenvalue weighted by atomic mass is 10.1. The first-order chi connectivity index (χ1) is 12.4. The van der Waals surface area contributed by atoms with Crippen molar-refractivity contribution in [3.63, 3.8) is 0 Å². The number of hydrogen-bond donors (Lipinski definition) is 1. The van der Waals surface area contributed by atoms with Crippen molar-refractivity contribution in [1.82, 2.24) is 19.7 Å². The van der Waals surface area contributed by atoms with Crippen molar-refractivity contribution >= 4 is 32.5 Å². The molecule has 0 fully saturated rings. The molecule has 0 saturated carbocycles. The van der Waals surface area contributed by atoms with Crippen LogP contribution in [0.3, 0.4) is 0 Å². The lowest BCUT2D eigenvalue weighted by molar-refractivity contribution is 0.353. The summed E-state index contributed by atoms with van der Waals surface area (Å²) >= 11 is 6.28. The molecule has 3 aromatic rings. The van der Waals surface area contributed by atoms with E-state index >= 15 is 0 Å². The van der Waals surface area contributed by atoms with E-state index in [-0.39, 0.29) is 15.9 Å². The zero-order chi connectivity index (χ0) is 18.9. The number of hydrogen-bond acceptors (Lipinski definition) is 7. The third-order valence-electron chi connectivity index (χ3n) is 3.75. The predicted molar refractivity (Wildman–Crippen MR) is 97.1 cm³/mol. The van der Waals surface area contributed by atoms with Gasteiger partial charge in [-0.05, 0) is 18.7 Å². The van der Waals surface area contributed by atoms with E-state index in [0.29, 0.717) is 22.3 Å². The van der Waals surface area contributed by atoms with Crippen LogP contribution in [0, 0.1) is 0 Å². The summed E-state index contributed by atoms with van der Waals surface area (Å²) in [4.78, 5) is 12.4. The van der Waals surface area contributed by atoms with E-state index in [1.54, 1.807) is 24.4 Å². The van der Waals surface area contributed by atoms with Gasteiger partial charge in [-0.3, -0.25) is 4.98 Å². The third-order valence-corrected chi connectivity index (χ3v) is 5.69. The summed E-state index contributed by atoms with van der Waals surface area (Å²) in [5.41, 5.74) is 1.91. The van der Waals surface area contributed by atoms with Gasteiger partial charge in [-0.1, -0.05) is 23.7 Å². The summed E-state index contributed by atoms with van der Waals surface area (Å²) in [7, 11) is 0.577. The predicted octanol–water partition coefficient (Wildman–Crippen LogP) is 2.27. The first-order valence-electron chi connectivity index (χ1n) is 7.38. The summed E-state index contributed by atoms with van der Waals surface area (Å²) < 4.78 is 36.5. The second kappa shape index (κ2) is 7.02. The Morgan fingerprint density at radius 2 is 1.88 bits per heavy atom. The molecule has 0 aliphatic carbocycles. The molecule has 136 valence electrons. The Morgan fingerprint density at radius 1 is 1.12 bits per heavy atom. The van der Waals surface area contributed by atoms with Crippen molar-refractivity contribution in [3.8, 4) is 23.0 Å². The van der Waals surface area contributed by atoms with Gasteiger partial charge in [-0.2, -0.15) is 4.98 Å². The minimum Gasteiger partial charge on any atom is -0.480 e. The maximum Gasteiger partial charge on any atom is 0.319 e. The Kier molecular flexibility index (Phi) is 4.94. The maximum atomic E-state index is 12.0. The van der Waals surface area contributed by atoms with E-state index in [1.807, 2.05) is 0 Å².